The number of nitrogens with zero attached hydrogens (tertiary/aromatic N) is 1. The number of benzene rings is 2. The predicted molar refractivity (Wildman–Crippen MR) is 114 cm³/mol. The summed E-state index contributed by atoms with van der Waals surface area (Å²) in [5.74, 6) is 0.672. The number of hydrogen-bond donors (Lipinski definition) is 0. The van der Waals surface area contributed by atoms with Crippen LogP contribution in [-0.4, -0.2) is 18.1 Å². The maximum absolute atomic E-state index is 11.7. The van der Waals surface area contributed by atoms with Gasteiger partial charge in [0.25, 0.3) is 0 Å². The smallest absolute Gasteiger partial charge is 0.337 e. The lowest BCUT2D eigenvalue weighted by Gasteiger charge is -2.32. The lowest BCUT2D eigenvalue weighted by molar-refractivity contribution is 0.0600. The zero-order valence-corrected chi connectivity index (χ0v) is 17.4. The van der Waals surface area contributed by atoms with Crippen LogP contribution in [0.15, 0.2) is 72.9 Å². The van der Waals surface area contributed by atoms with Gasteiger partial charge in [0, 0.05) is 12.1 Å². The quantitative estimate of drug-likeness (QED) is 0.513. The van der Waals surface area contributed by atoms with Crippen LogP contribution >= 0.6 is 0 Å². The molecule has 0 bridgehead atoms. The van der Waals surface area contributed by atoms with Gasteiger partial charge in [-0.2, -0.15) is 0 Å². The minimum Gasteiger partial charge on any atom is -0.487 e. The van der Waals surface area contributed by atoms with Crippen molar-refractivity contribution >= 4 is 5.97 Å². The molecule has 0 aliphatic heterocycles. The Hall–Kier alpha value is -3.14. The van der Waals surface area contributed by atoms with Crippen molar-refractivity contribution in [2.45, 2.75) is 33.3 Å². The fraction of sp³-hybridized carbons (Fsp3) is 0.280. The molecule has 0 aliphatic carbocycles. The molecule has 1 atom stereocenters. The average molecular weight is 389 g/mol. The highest BCUT2D eigenvalue weighted by molar-refractivity contribution is 5.89. The number of aromatic nitrogens is 1. The van der Waals surface area contributed by atoms with Crippen molar-refractivity contribution in [3.8, 4) is 5.75 Å². The van der Waals surface area contributed by atoms with Gasteiger partial charge in [0.2, 0.25) is 0 Å². The first kappa shape index (κ1) is 20.6. The number of carbonyl (C=O) groups excluding carboxylic acids is 1. The lowest BCUT2D eigenvalue weighted by Crippen LogP contribution is -2.20. The van der Waals surface area contributed by atoms with Crippen LogP contribution in [0.5, 0.6) is 5.75 Å². The molecule has 150 valence electrons. The van der Waals surface area contributed by atoms with E-state index in [1.165, 1.54) is 12.7 Å². The zero-order chi connectivity index (χ0) is 20.9. The molecule has 0 N–H and O–H groups in total. The number of methoxy groups -OCH3 is 1. The van der Waals surface area contributed by atoms with Gasteiger partial charge in [-0.3, -0.25) is 4.98 Å². The van der Waals surface area contributed by atoms with Crippen molar-refractivity contribution in [1.29, 1.82) is 0 Å². The van der Waals surface area contributed by atoms with Crippen LogP contribution in [0.4, 0.5) is 0 Å². The minimum atomic E-state index is -0.321. The van der Waals surface area contributed by atoms with Crippen LogP contribution in [0.2, 0.25) is 0 Å². The number of esters is 1. The van der Waals surface area contributed by atoms with Gasteiger partial charge in [0.1, 0.15) is 12.4 Å². The van der Waals surface area contributed by atoms with Gasteiger partial charge in [0.05, 0.1) is 18.4 Å². The SMILES string of the molecule is COC(=O)c1ccc([C@H](c2ccc(OCc3ccccn3)cc2)C(C)(C)C)cc1. The van der Waals surface area contributed by atoms with Crippen LogP contribution < -0.4 is 4.74 Å². The Morgan fingerprint density at radius 1 is 0.931 bits per heavy atom. The van der Waals surface area contributed by atoms with E-state index in [9.17, 15) is 4.79 Å². The molecule has 29 heavy (non-hydrogen) atoms. The second kappa shape index (κ2) is 8.91. The molecule has 4 heteroatoms. The van der Waals surface area contributed by atoms with Crippen molar-refractivity contribution < 1.29 is 14.3 Å². The second-order valence-corrected chi connectivity index (χ2v) is 8.09. The molecule has 0 aliphatic rings. The molecule has 2 aromatic carbocycles. The van der Waals surface area contributed by atoms with Crippen LogP contribution in [0.3, 0.4) is 0 Å². The summed E-state index contributed by atoms with van der Waals surface area (Å²) >= 11 is 0. The summed E-state index contributed by atoms with van der Waals surface area (Å²) in [4.78, 5) is 16.0. The van der Waals surface area contributed by atoms with Crippen molar-refractivity contribution in [3.63, 3.8) is 0 Å². The molecule has 1 heterocycles. The van der Waals surface area contributed by atoms with E-state index in [1.54, 1.807) is 6.20 Å². The van der Waals surface area contributed by atoms with E-state index < -0.39 is 0 Å². The Morgan fingerprint density at radius 3 is 2.07 bits per heavy atom. The maximum Gasteiger partial charge on any atom is 0.337 e. The molecule has 0 saturated carbocycles. The number of hydrogen-bond acceptors (Lipinski definition) is 4. The largest absolute Gasteiger partial charge is 0.487 e. The summed E-state index contributed by atoms with van der Waals surface area (Å²) < 4.78 is 10.7. The van der Waals surface area contributed by atoms with E-state index in [0.29, 0.717) is 12.2 Å². The molecule has 4 nitrogen and oxygen atoms in total. The van der Waals surface area contributed by atoms with Gasteiger partial charge >= 0.3 is 5.97 Å². The van der Waals surface area contributed by atoms with Gasteiger partial charge in [-0.1, -0.05) is 51.1 Å². The predicted octanol–water partition coefficient (Wildman–Crippen LogP) is 5.63. The number of carbonyl (C=O) groups is 1. The average Bonchev–Trinajstić information content (AvgIpc) is 2.73. The van der Waals surface area contributed by atoms with E-state index >= 15 is 0 Å². The van der Waals surface area contributed by atoms with E-state index in [-0.39, 0.29) is 17.3 Å². The van der Waals surface area contributed by atoms with Gasteiger partial charge in [-0.15, -0.1) is 0 Å². The van der Waals surface area contributed by atoms with Crippen LogP contribution in [0.25, 0.3) is 0 Å². The maximum atomic E-state index is 11.7. The Labute approximate surface area is 172 Å². The topological polar surface area (TPSA) is 48.4 Å². The van der Waals surface area contributed by atoms with E-state index in [1.807, 2.05) is 54.6 Å². The van der Waals surface area contributed by atoms with Crippen molar-refractivity contribution in [3.05, 3.63) is 95.3 Å². The normalized spacial score (nSPS) is 12.3. The summed E-state index contributed by atoms with van der Waals surface area (Å²) in [5, 5.41) is 0. The summed E-state index contributed by atoms with van der Waals surface area (Å²) in [6.45, 7) is 7.10. The van der Waals surface area contributed by atoms with Gasteiger partial charge in [-0.25, -0.2) is 4.79 Å². The van der Waals surface area contributed by atoms with Gasteiger partial charge in [0.15, 0.2) is 0 Å². The van der Waals surface area contributed by atoms with Crippen molar-refractivity contribution in [2.24, 2.45) is 5.41 Å². The van der Waals surface area contributed by atoms with E-state index in [2.05, 4.69) is 37.9 Å². The molecular weight excluding hydrogens is 362 g/mol. The first-order chi connectivity index (χ1) is 13.9. The first-order valence-electron chi connectivity index (χ1n) is 9.69. The highest BCUT2D eigenvalue weighted by Gasteiger charge is 2.28. The Bertz CT molecular complexity index is 927. The van der Waals surface area contributed by atoms with Crippen LogP contribution in [0, 0.1) is 5.41 Å². The highest BCUT2D eigenvalue weighted by atomic mass is 16.5. The monoisotopic (exact) mass is 389 g/mol. The summed E-state index contributed by atoms with van der Waals surface area (Å²) in [6, 6.07) is 21.7. The zero-order valence-electron chi connectivity index (χ0n) is 17.4. The van der Waals surface area contributed by atoms with Crippen molar-refractivity contribution in [2.75, 3.05) is 7.11 Å². The molecular formula is C25H27NO3. The number of pyridine rings is 1. The van der Waals surface area contributed by atoms with Crippen LogP contribution in [-0.2, 0) is 11.3 Å². The summed E-state index contributed by atoms with van der Waals surface area (Å²) in [7, 11) is 1.39. The first-order valence-corrected chi connectivity index (χ1v) is 9.69. The number of ether oxygens (including phenoxy) is 2. The molecule has 0 fully saturated rings. The molecule has 1 aromatic heterocycles. The Morgan fingerprint density at radius 2 is 1.55 bits per heavy atom. The molecule has 0 radical (unpaired) electrons. The molecule has 3 aromatic rings. The Balaban J connectivity index is 1.79. The van der Waals surface area contributed by atoms with Gasteiger partial charge in [-0.05, 0) is 52.9 Å². The van der Waals surface area contributed by atoms with Crippen LogP contribution in [0.1, 0.15) is 53.9 Å². The third kappa shape index (κ3) is 5.23. The lowest BCUT2D eigenvalue weighted by atomic mass is 9.72. The van der Waals surface area contributed by atoms with Gasteiger partial charge < -0.3 is 9.47 Å². The summed E-state index contributed by atoms with van der Waals surface area (Å²) in [6.07, 6.45) is 1.77. The third-order valence-electron chi connectivity index (χ3n) is 4.86. The second-order valence-electron chi connectivity index (χ2n) is 8.09. The molecule has 3 rings (SSSR count). The Kier molecular flexibility index (Phi) is 6.32. The highest BCUT2D eigenvalue weighted by Crippen LogP contribution is 2.41. The van der Waals surface area contributed by atoms with E-state index in [4.69, 9.17) is 9.47 Å². The van der Waals surface area contributed by atoms with E-state index in [0.717, 1.165) is 17.0 Å². The molecule has 0 amide bonds. The number of rotatable bonds is 6. The summed E-state index contributed by atoms with van der Waals surface area (Å²) in [5.41, 5.74) is 3.82. The van der Waals surface area contributed by atoms with Crippen molar-refractivity contribution in [1.82, 2.24) is 4.98 Å². The molecule has 0 spiro atoms. The fourth-order valence-corrected chi connectivity index (χ4v) is 3.52. The minimum absolute atomic E-state index is 0.00309. The fourth-order valence-electron chi connectivity index (χ4n) is 3.52. The molecule has 0 unspecified atom stereocenters. The third-order valence-corrected chi connectivity index (χ3v) is 4.86. The standard InChI is InChI=1S/C25H27NO3/c1-25(2,3)23(18-8-10-20(11-9-18)24(27)28-4)19-12-14-22(15-13-19)29-17-21-7-5-6-16-26-21/h5-16,23H,17H2,1-4H3/t23-/m1/s1. The molecule has 0 saturated heterocycles.